The van der Waals surface area contributed by atoms with Crippen LogP contribution in [0.3, 0.4) is 0 Å². The highest BCUT2D eigenvalue weighted by molar-refractivity contribution is 5.94. The lowest BCUT2D eigenvalue weighted by Gasteiger charge is -2.33. The van der Waals surface area contributed by atoms with Gasteiger partial charge in [0.1, 0.15) is 0 Å². The van der Waals surface area contributed by atoms with Crippen molar-refractivity contribution in [3.63, 3.8) is 0 Å². The minimum absolute atomic E-state index is 0. The molecule has 112 valence electrons. The van der Waals surface area contributed by atoms with E-state index in [4.69, 9.17) is 5.73 Å². The van der Waals surface area contributed by atoms with E-state index in [2.05, 4.69) is 12.2 Å². The zero-order chi connectivity index (χ0) is 13.7. The number of benzene rings is 1. The number of halogens is 1. The number of carbonyl (C=O) groups excluding carboxylic acids is 1. The van der Waals surface area contributed by atoms with Gasteiger partial charge in [-0.1, -0.05) is 38.3 Å². The molecule has 3 nitrogen and oxygen atoms in total. The Hall–Kier alpha value is -1.06. The maximum Gasteiger partial charge on any atom is 0.251 e. The minimum atomic E-state index is -0.197. The molecule has 4 heteroatoms. The fourth-order valence-corrected chi connectivity index (χ4v) is 2.68. The summed E-state index contributed by atoms with van der Waals surface area (Å²) in [5, 5.41) is 2.98. The topological polar surface area (TPSA) is 55.1 Å². The number of nitrogens with two attached hydrogens (primary N) is 1. The van der Waals surface area contributed by atoms with Gasteiger partial charge in [0.2, 0.25) is 0 Å². The highest BCUT2D eigenvalue weighted by Gasteiger charge is 2.27. The average Bonchev–Trinajstić information content (AvgIpc) is 2.46. The van der Waals surface area contributed by atoms with E-state index in [1.54, 1.807) is 0 Å². The first kappa shape index (κ1) is 17.0. The summed E-state index contributed by atoms with van der Waals surface area (Å²) in [5.41, 5.74) is 8.09. The van der Waals surface area contributed by atoms with E-state index in [0.29, 0.717) is 6.54 Å². The molecule has 0 heterocycles. The summed E-state index contributed by atoms with van der Waals surface area (Å²) in [4.78, 5) is 12.1. The second-order valence-corrected chi connectivity index (χ2v) is 5.66. The Kier molecular flexibility index (Phi) is 6.50. The number of rotatable bonds is 4. The molecule has 0 spiro atoms. The minimum Gasteiger partial charge on any atom is -0.350 e. The highest BCUT2D eigenvalue weighted by atomic mass is 35.5. The Labute approximate surface area is 127 Å². The zero-order valence-corrected chi connectivity index (χ0v) is 13.0. The van der Waals surface area contributed by atoms with Crippen molar-refractivity contribution in [3.8, 4) is 0 Å². The lowest BCUT2D eigenvalue weighted by atomic mass is 9.82. The van der Waals surface area contributed by atoms with Crippen LogP contribution in [-0.2, 0) is 6.42 Å². The first-order valence-corrected chi connectivity index (χ1v) is 7.29. The molecule has 0 radical (unpaired) electrons. The van der Waals surface area contributed by atoms with Gasteiger partial charge in [-0.15, -0.1) is 12.4 Å². The molecule has 0 bridgehead atoms. The number of hydrogen-bond acceptors (Lipinski definition) is 2. The highest BCUT2D eigenvalue weighted by Crippen LogP contribution is 2.25. The molecule has 1 aromatic carbocycles. The van der Waals surface area contributed by atoms with Gasteiger partial charge in [-0.25, -0.2) is 0 Å². The molecule has 3 N–H and O–H groups in total. The van der Waals surface area contributed by atoms with Gasteiger partial charge in [0.15, 0.2) is 0 Å². The van der Waals surface area contributed by atoms with E-state index in [0.717, 1.165) is 24.8 Å². The number of carbonyl (C=O) groups is 1. The summed E-state index contributed by atoms with van der Waals surface area (Å²) >= 11 is 0. The Morgan fingerprint density at radius 2 is 1.80 bits per heavy atom. The van der Waals surface area contributed by atoms with Crippen molar-refractivity contribution in [1.82, 2.24) is 5.32 Å². The van der Waals surface area contributed by atoms with Crippen LogP contribution >= 0.6 is 12.4 Å². The molecular formula is C16H25ClN2O. The molecule has 0 saturated heterocycles. The van der Waals surface area contributed by atoms with E-state index >= 15 is 0 Å². The van der Waals surface area contributed by atoms with Gasteiger partial charge in [0.25, 0.3) is 5.91 Å². The van der Waals surface area contributed by atoms with Crippen LogP contribution in [0.5, 0.6) is 0 Å². The molecule has 1 aliphatic carbocycles. The van der Waals surface area contributed by atoms with E-state index in [9.17, 15) is 4.79 Å². The second-order valence-electron chi connectivity index (χ2n) is 5.66. The van der Waals surface area contributed by atoms with Crippen molar-refractivity contribution in [2.45, 2.75) is 51.0 Å². The summed E-state index contributed by atoms with van der Waals surface area (Å²) < 4.78 is 0. The van der Waals surface area contributed by atoms with Crippen LogP contribution in [0.15, 0.2) is 24.3 Å². The Morgan fingerprint density at radius 3 is 2.35 bits per heavy atom. The van der Waals surface area contributed by atoms with Crippen LogP contribution in [0, 0.1) is 0 Å². The molecular weight excluding hydrogens is 272 g/mol. The van der Waals surface area contributed by atoms with Crippen LogP contribution in [0.1, 0.15) is 54.9 Å². The number of amides is 1. The zero-order valence-electron chi connectivity index (χ0n) is 12.2. The largest absolute Gasteiger partial charge is 0.350 e. The van der Waals surface area contributed by atoms with Crippen LogP contribution in [0.25, 0.3) is 0 Å². The van der Waals surface area contributed by atoms with Crippen LogP contribution in [-0.4, -0.2) is 18.0 Å². The third-order valence-electron chi connectivity index (χ3n) is 4.07. The Bertz CT molecular complexity index is 425. The molecule has 1 aliphatic rings. The van der Waals surface area contributed by atoms with Crippen molar-refractivity contribution in [1.29, 1.82) is 0 Å². The van der Waals surface area contributed by atoms with Crippen molar-refractivity contribution >= 4 is 18.3 Å². The Morgan fingerprint density at radius 1 is 1.20 bits per heavy atom. The SMILES string of the molecule is CCc1ccc(C(=O)NCC2(N)CCCCC2)cc1.Cl. The molecule has 0 atom stereocenters. The van der Waals surface area contributed by atoms with E-state index in [1.807, 2.05) is 24.3 Å². The van der Waals surface area contributed by atoms with Gasteiger partial charge in [-0.3, -0.25) is 4.79 Å². The molecule has 2 rings (SSSR count). The van der Waals surface area contributed by atoms with Crippen molar-refractivity contribution in [2.75, 3.05) is 6.54 Å². The molecule has 0 aliphatic heterocycles. The Balaban J connectivity index is 0.00000200. The summed E-state index contributed by atoms with van der Waals surface area (Å²) in [6.07, 6.45) is 6.65. The summed E-state index contributed by atoms with van der Waals surface area (Å²) in [5.74, 6) is -0.0157. The van der Waals surface area contributed by atoms with Gasteiger partial charge in [-0.05, 0) is 37.0 Å². The molecule has 20 heavy (non-hydrogen) atoms. The third-order valence-corrected chi connectivity index (χ3v) is 4.07. The maximum atomic E-state index is 12.1. The number of hydrogen-bond donors (Lipinski definition) is 2. The van der Waals surface area contributed by atoms with Gasteiger partial charge in [0.05, 0.1) is 0 Å². The predicted molar refractivity (Wildman–Crippen MR) is 85.4 cm³/mol. The summed E-state index contributed by atoms with van der Waals surface area (Å²) in [6, 6.07) is 7.79. The van der Waals surface area contributed by atoms with E-state index < -0.39 is 0 Å². The first-order valence-electron chi connectivity index (χ1n) is 7.29. The third kappa shape index (κ3) is 4.50. The van der Waals surface area contributed by atoms with Gasteiger partial charge in [-0.2, -0.15) is 0 Å². The first-order chi connectivity index (χ1) is 9.13. The molecule has 1 aromatic rings. The van der Waals surface area contributed by atoms with Crippen LogP contribution in [0.4, 0.5) is 0 Å². The van der Waals surface area contributed by atoms with Crippen LogP contribution < -0.4 is 11.1 Å². The lowest BCUT2D eigenvalue weighted by Crippen LogP contribution is -2.51. The van der Waals surface area contributed by atoms with Crippen LogP contribution in [0.2, 0.25) is 0 Å². The van der Waals surface area contributed by atoms with Gasteiger partial charge < -0.3 is 11.1 Å². The normalized spacial score (nSPS) is 17.1. The molecule has 0 unspecified atom stereocenters. The van der Waals surface area contributed by atoms with Crippen molar-refractivity contribution in [3.05, 3.63) is 35.4 Å². The quantitative estimate of drug-likeness (QED) is 0.897. The van der Waals surface area contributed by atoms with Crippen molar-refractivity contribution in [2.24, 2.45) is 5.73 Å². The lowest BCUT2D eigenvalue weighted by molar-refractivity contribution is 0.0937. The molecule has 1 fully saturated rings. The summed E-state index contributed by atoms with van der Waals surface area (Å²) in [7, 11) is 0. The summed E-state index contributed by atoms with van der Waals surface area (Å²) in [6.45, 7) is 2.69. The smallest absolute Gasteiger partial charge is 0.251 e. The van der Waals surface area contributed by atoms with Crippen molar-refractivity contribution < 1.29 is 4.79 Å². The monoisotopic (exact) mass is 296 g/mol. The standard InChI is InChI=1S/C16H24N2O.ClH/c1-2-13-6-8-14(9-7-13)15(19)18-12-16(17)10-4-3-5-11-16;/h6-9H,2-5,10-12,17H2,1H3,(H,18,19);1H. The molecule has 1 saturated carbocycles. The van der Waals surface area contributed by atoms with Gasteiger partial charge in [0, 0.05) is 17.6 Å². The fraction of sp³-hybridized carbons (Fsp3) is 0.562. The molecule has 1 amide bonds. The van der Waals surface area contributed by atoms with E-state index in [-0.39, 0.29) is 23.9 Å². The van der Waals surface area contributed by atoms with E-state index in [1.165, 1.54) is 24.8 Å². The second kappa shape index (κ2) is 7.65. The number of nitrogens with one attached hydrogen (secondary N) is 1. The average molecular weight is 297 g/mol. The number of aryl methyl sites for hydroxylation is 1. The fourth-order valence-electron chi connectivity index (χ4n) is 2.68. The molecule has 0 aromatic heterocycles. The maximum absolute atomic E-state index is 12.1. The predicted octanol–water partition coefficient (Wildman–Crippen LogP) is 3.06. The van der Waals surface area contributed by atoms with Gasteiger partial charge >= 0.3 is 0 Å².